The zero-order valence-electron chi connectivity index (χ0n) is 18.0. The van der Waals surface area contributed by atoms with Crippen molar-refractivity contribution in [3.63, 3.8) is 0 Å². The van der Waals surface area contributed by atoms with Gasteiger partial charge in [0.05, 0.1) is 15.1 Å². The van der Waals surface area contributed by atoms with E-state index in [1.165, 1.54) is 21.2 Å². The Balaban J connectivity index is 1.41. The number of aromatic nitrogens is 1. The highest BCUT2D eigenvalue weighted by Gasteiger charge is 2.32. The molecule has 6 nitrogen and oxygen atoms in total. The van der Waals surface area contributed by atoms with Gasteiger partial charge in [-0.1, -0.05) is 55.0 Å². The van der Waals surface area contributed by atoms with Gasteiger partial charge in [0.2, 0.25) is 15.9 Å². The maximum atomic E-state index is 12.9. The Morgan fingerprint density at radius 2 is 1.81 bits per heavy atom. The summed E-state index contributed by atoms with van der Waals surface area (Å²) >= 11 is 1.48. The van der Waals surface area contributed by atoms with Crippen LogP contribution >= 0.6 is 11.3 Å². The number of piperidine rings is 1. The fourth-order valence-electron chi connectivity index (χ4n) is 3.91. The number of amides is 1. The standard InChI is InChI=1S/C23H27N3O3S2/c1-15(2)19-5-4-6-20-21(19)24-23(30-20)25-22(27)17-11-13-26(14-12-17)31(28,29)18-9-7-16(3)8-10-18/h4-10,15,17H,11-14H2,1-3H3,(H,24,25,27). The van der Waals surface area contributed by atoms with Crippen molar-refractivity contribution in [2.75, 3.05) is 18.4 Å². The van der Waals surface area contributed by atoms with E-state index in [-0.39, 0.29) is 11.8 Å². The van der Waals surface area contributed by atoms with Crippen LogP contribution in [0.2, 0.25) is 0 Å². The molecule has 0 spiro atoms. The van der Waals surface area contributed by atoms with Crippen molar-refractivity contribution in [2.24, 2.45) is 5.92 Å². The van der Waals surface area contributed by atoms with Crippen LogP contribution in [0.25, 0.3) is 10.2 Å². The van der Waals surface area contributed by atoms with Crippen LogP contribution in [0.15, 0.2) is 47.4 Å². The average molecular weight is 458 g/mol. The number of hydrogen-bond donors (Lipinski definition) is 1. The van der Waals surface area contributed by atoms with Gasteiger partial charge < -0.3 is 5.32 Å². The molecule has 1 N–H and O–H groups in total. The number of anilines is 1. The molecular weight excluding hydrogens is 430 g/mol. The molecule has 164 valence electrons. The number of aryl methyl sites for hydroxylation is 1. The molecule has 3 aromatic rings. The number of nitrogens with zero attached hydrogens (tertiary/aromatic N) is 2. The van der Waals surface area contributed by atoms with Gasteiger partial charge >= 0.3 is 0 Å². The lowest BCUT2D eigenvalue weighted by Gasteiger charge is -2.30. The van der Waals surface area contributed by atoms with Gasteiger partial charge in [0.15, 0.2) is 5.13 Å². The van der Waals surface area contributed by atoms with Crippen LogP contribution in [0.5, 0.6) is 0 Å². The second-order valence-electron chi connectivity index (χ2n) is 8.35. The summed E-state index contributed by atoms with van der Waals surface area (Å²) in [5, 5.41) is 3.56. The number of sulfonamides is 1. The van der Waals surface area contributed by atoms with Gasteiger partial charge in [0, 0.05) is 19.0 Å². The predicted molar refractivity (Wildman–Crippen MR) is 125 cm³/mol. The Kier molecular flexibility index (Phi) is 6.14. The lowest BCUT2D eigenvalue weighted by Crippen LogP contribution is -2.41. The molecule has 4 rings (SSSR count). The van der Waals surface area contributed by atoms with Crippen LogP contribution in [0.1, 0.15) is 43.7 Å². The molecule has 0 bridgehead atoms. The summed E-state index contributed by atoms with van der Waals surface area (Å²) in [6, 6.07) is 13.0. The molecular formula is C23H27N3O3S2. The molecule has 0 atom stereocenters. The number of hydrogen-bond acceptors (Lipinski definition) is 5. The first-order valence-corrected chi connectivity index (χ1v) is 12.8. The number of thiazole rings is 1. The van der Waals surface area contributed by atoms with Gasteiger partial charge in [0.1, 0.15) is 0 Å². The quantitative estimate of drug-likeness (QED) is 0.599. The van der Waals surface area contributed by atoms with Crippen molar-refractivity contribution in [3.8, 4) is 0 Å². The third kappa shape index (κ3) is 4.51. The van der Waals surface area contributed by atoms with Gasteiger partial charge in [-0.3, -0.25) is 4.79 Å². The molecule has 1 amide bonds. The first-order valence-electron chi connectivity index (χ1n) is 10.5. The lowest BCUT2D eigenvalue weighted by atomic mass is 9.97. The normalized spacial score (nSPS) is 16.1. The van der Waals surface area contributed by atoms with E-state index in [4.69, 9.17) is 0 Å². The summed E-state index contributed by atoms with van der Waals surface area (Å²) in [5.74, 6) is 0.0488. The monoisotopic (exact) mass is 457 g/mol. The number of para-hydroxylation sites is 1. The average Bonchev–Trinajstić information content (AvgIpc) is 3.16. The van der Waals surface area contributed by atoms with Crippen molar-refractivity contribution >= 4 is 42.6 Å². The molecule has 2 aromatic carbocycles. The number of benzene rings is 2. The highest BCUT2D eigenvalue weighted by Crippen LogP contribution is 2.32. The van der Waals surface area contributed by atoms with Crippen LogP contribution in [0, 0.1) is 12.8 Å². The first kappa shape index (κ1) is 21.9. The minimum atomic E-state index is -3.53. The maximum absolute atomic E-state index is 12.9. The van der Waals surface area contributed by atoms with Crippen molar-refractivity contribution in [3.05, 3.63) is 53.6 Å². The van der Waals surface area contributed by atoms with E-state index in [9.17, 15) is 13.2 Å². The van der Waals surface area contributed by atoms with Crippen LogP contribution in [0.3, 0.4) is 0 Å². The van der Waals surface area contributed by atoms with Crippen molar-refractivity contribution in [1.29, 1.82) is 0 Å². The summed E-state index contributed by atoms with van der Waals surface area (Å²) in [6.07, 6.45) is 0.998. The highest BCUT2D eigenvalue weighted by molar-refractivity contribution is 7.89. The lowest BCUT2D eigenvalue weighted by molar-refractivity contribution is -0.120. The Morgan fingerprint density at radius 3 is 2.45 bits per heavy atom. The van der Waals surface area contributed by atoms with E-state index in [2.05, 4.69) is 30.2 Å². The largest absolute Gasteiger partial charge is 0.302 e. The van der Waals surface area contributed by atoms with E-state index < -0.39 is 10.0 Å². The van der Waals surface area contributed by atoms with E-state index >= 15 is 0 Å². The van der Waals surface area contributed by atoms with Crippen molar-refractivity contribution < 1.29 is 13.2 Å². The van der Waals surface area contributed by atoms with Crippen LogP contribution in [0.4, 0.5) is 5.13 Å². The summed E-state index contributed by atoms with van der Waals surface area (Å²) in [5.41, 5.74) is 3.13. The Hall–Kier alpha value is -2.29. The van der Waals surface area contributed by atoms with E-state index in [0.29, 0.717) is 41.9 Å². The molecule has 0 saturated carbocycles. The van der Waals surface area contributed by atoms with Crippen LogP contribution < -0.4 is 5.32 Å². The molecule has 1 aliphatic heterocycles. The number of rotatable bonds is 5. The predicted octanol–water partition coefficient (Wildman–Crippen LogP) is 4.77. The smallest absolute Gasteiger partial charge is 0.243 e. The fourth-order valence-corrected chi connectivity index (χ4v) is 6.29. The third-order valence-electron chi connectivity index (χ3n) is 5.79. The van der Waals surface area contributed by atoms with Crippen molar-refractivity contribution in [2.45, 2.75) is 44.4 Å². The van der Waals surface area contributed by atoms with Gasteiger partial charge in [-0.15, -0.1) is 0 Å². The topological polar surface area (TPSA) is 79.4 Å². The van der Waals surface area contributed by atoms with Gasteiger partial charge in [0.25, 0.3) is 0 Å². The first-order chi connectivity index (χ1) is 14.8. The summed E-state index contributed by atoms with van der Waals surface area (Å²) < 4.78 is 28.3. The fraction of sp³-hybridized carbons (Fsp3) is 0.391. The molecule has 8 heteroatoms. The van der Waals surface area contributed by atoms with E-state index in [1.807, 2.05) is 19.1 Å². The number of fused-ring (bicyclic) bond motifs is 1. The zero-order valence-corrected chi connectivity index (χ0v) is 19.6. The molecule has 2 heterocycles. The SMILES string of the molecule is Cc1ccc(S(=O)(=O)N2CCC(C(=O)Nc3nc4c(C(C)C)cccc4s3)CC2)cc1. The second-order valence-corrected chi connectivity index (χ2v) is 11.3. The molecule has 0 aliphatic carbocycles. The maximum Gasteiger partial charge on any atom is 0.243 e. The molecule has 1 fully saturated rings. The Labute approximate surface area is 187 Å². The van der Waals surface area contributed by atoms with Crippen molar-refractivity contribution in [1.82, 2.24) is 9.29 Å². The second kappa shape index (κ2) is 8.68. The molecule has 31 heavy (non-hydrogen) atoms. The molecule has 1 saturated heterocycles. The third-order valence-corrected chi connectivity index (χ3v) is 8.63. The summed E-state index contributed by atoms with van der Waals surface area (Å²) in [6.45, 7) is 6.86. The molecule has 1 aromatic heterocycles. The Morgan fingerprint density at radius 1 is 1.13 bits per heavy atom. The minimum absolute atomic E-state index is 0.0856. The summed E-state index contributed by atoms with van der Waals surface area (Å²) in [7, 11) is -3.53. The number of carbonyl (C=O) groups is 1. The van der Waals surface area contributed by atoms with Crippen LogP contribution in [-0.2, 0) is 14.8 Å². The molecule has 1 aliphatic rings. The van der Waals surface area contributed by atoms with Gasteiger partial charge in [-0.25, -0.2) is 13.4 Å². The highest BCUT2D eigenvalue weighted by atomic mass is 32.2. The molecule has 0 unspecified atom stereocenters. The van der Waals surface area contributed by atoms with Crippen LogP contribution in [-0.4, -0.2) is 36.7 Å². The van der Waals surface area contributed by atoms with Gasteiger partial charge in [-0.05, 0) is 49.4 Å². The van der Waals surface area contributed by atoms with E-state index in [0.717, 1.165) is 15.8 Å². The van der Waals surface area contributed by atoms with Gasteiger partial charge in [-0.2, -0.15) is 4.31 Å². The zero-order chi connectivity index (χ0) is 22.2. The van der Waals surface area contributed by atoms with E-state index in [1.54, 1.807) is 24.3 Å². The Bertz CT molecular complexity index is 1190. The minimum Gasteiger partial charge on any atom is -0.302 e. The number of nitrogens with one attached hydrogen (secondary N) is 1. The number of carbonyl (C=O) groups excluding carboxylic acids is 1. The summed E-state index contributed by atoms with van der Waals surface area (Å²) in [4.78, 5) is 17.8. The molecule has 0 radical (unpaired) electrons.